The Morgan fingerprint density at radius 2 is 2.05 bits per heavy atom. The van der Waals surface area contributed by atoms with E-state index in [4.69, 9.17) is 4.74 Å². The van der Waals surface area contributed by atoms with Gasteiger partial charge in [-0.2, -0.15) is 0 Å². The van der Waals surface area contributed by atoms with E-state index in [0.29, 0.717) is 17.4 Å². The Kier molecular flexibility index (Phi) is 3.88. The van der Waals surface area contributed by atoms with Crippen molar-refractivity contribution in [3.63, 3.8) is 0 Å². The van der Waals surface area contributed by atoms with Crippen molar-refractivity contribution in [2.24, 2.45) is 0 Å². The molecule has 0 amide bonds. The molecule has 0 radical (unpaired) electrons. The molecule has 1 aliphatic rings. The molecule has 0 spiro atoms. The second-order valence-electron chi connectivity index (χ2n) is 5.26. The van der Waals surface area contributed by atoms with Crippen LogP contribution >= 0.6 is 0 Å². The van der Waals surface area contributed by atoms with Crippen LogP contribution < -0.4 is 10.1 Å². The Balaban J connectivity index is 1.72. The maximum absolute atomic E-state index is 13.5. The summed E-state index contributed by atoms with van der Waals surface area (Å²) in [5.41, 5.74) is 2.93. The Labute approximate surface area is 122 Å². The number of aryl methyl sites for hydroxylation is 1. The molecule has 3 rings (SSSR count). The zero-order chi connectivity index (χ0) is 14.8. The van der Waals surface area contributed by atoms with Crippen LogP contribution in [0.2, 0.25) is 0 Å². The van der Waals surface area contributed by atoms with Gasteiger partial charge in [0.25, 0.3) is 0 Å². The maximum Gasteiger partial charge on any atom is 0.132 e. The van der Waals surface area contributed by atoms with E-state index in [9.17, 15) is 8.78 Å². The van der Waals surface area contributed by atoms with Gasteiger partial charge >= 0.3 is 0 Å². The van der Waals surface area contributed by atoms with E-state index in [-0.39, 0.29) is 6.61 Å². The zero-order valence-corrected chi connectivity index (χ0v) is 11.8. The summed E-state index contributed by atoms with van der Waals surface area (Å²) in [7, 11) is 1.96. The molecule has 0 fully saturated rings. The summed E-state index contributed by atoms with van der Waals surface area (Å²) in [5.74, 6) is -0.437. The maximum atomic E-state index is 13.5. The largest absolute Gasteiger partial charge is 0.489 e. The number of fused-ring (bicyclic) bond motifs is 1. The molecule has 0 saturated carbocycles. The van der Waals surface area contributed by atoms with Gasteiger partial charge in [0, 0.05) is 17.7 Å². The van der Waals surface area contributed by atoms with E-state index >= 15 is 0 Å². The van der Waals surface area contributed by atoms with Crippen LogP contribution in [0.3, 0.4) is 0 Å². The summed E-state index contributed by atoms with van der Waals surface area (Å²) in [4.78, 5) is 0. The average molecular weight is 289 g/mol. The van der Waals surface area contributed by atoms with Gasteiger partial charge in [-0.25, -0.2) is 8.78 Å². The van der Waals surface area contributed by atoms with Crippen LogP contribution in [0, 0.1) is 11.6 Å². The van der Waals surface area contributed by atoms with Crippen molar-refractivity contribution in [3.05, 3.63) is 64.7 Å². The molecule has 1 aliphatic carbocycles. The average Bonchev–Trinajstić information content (AvgIpc) is 2.88. The van der Waals surface area contributed by atoms with E-state index in [1.165, 1.54) is 23.3 Å². The second-order valence-corrected chi connectivity index (χ2v) is 5.26. The van der Waals surface area contributed by atoms with Crippen LogP contribution in [0.15, 0.2) is 36.4 Å². The highest BCUT2D eigenvalue weighted by Crippen LogP contribution is 2.33. The standard InChI is InChI=1S/C17H17F2NO/c1-20-17-7-3-11-8-14(5-6-15(11)17)21-10-12-2-4-13(18)9-16(12)19/h2,4-6,8-9,17,20H,3,7,10H2,1H3. The molecule has 0 aliphatic heterocycles. The lowest BCUT2D eigenvalue weighted by Crippen LogP contribution is -2.12. The van der Waals surface area contributed by atoms with Crippen LogP contribution in [0.4, 0.5) is 8.78 Å². The molecular formula is C17H17F2NO. The Morgan fingerprint density at radius 3 is 2.81 bits per heavy atom. The van der Waals surface area contributed by atoms with E-state index in [1.807, 2.05) is 19.2 Å². The van der Waals surface area contributed by atoms with E-state index in [1.54, 1.807) is 0 Å². The molecular weight excluding hydrogens is 272 g/mol. The molecule has 0 heterocycles. The first-order valence-corrected chi connectivity index (χ1v) is 7.04. The highest BCUT2D eigenvalue weighted by atomic mass is 19.1. The van der Waals surface area contributed by atoms with Crippen LogP contribution in [-0.2, 0) is 13.0 Å². The molecule has 1 N–H and O–H groups in total. The highest BCUT2D eigenvalue weighted by molar-refractivity contribution is 5.40. The molecule has 2 nitrogen and oxygen atoms in total. The summed E-state index contributed by atoms with van der Waals surface area (Å²) in [5, 5.41) is 3.28. The van der Waals surface area contributed by atoms with Gasteiger partial charge in [-0.15, -0.1) is 0 Å². The van der Waals surface area contributed by atoms with E-state index in [2.05, 4.69) is 11.4 Å². The first kappa shape index (κ1) is 14.0. The van der Waals surface area contributed by atoms with Gasteiger partial charge in [0.1, 0.15) is 24.0 Å². The zero-order valence-electron chi connectivity index (χ0n) is 11.8. The molecule has 0 saturated heterocycles. The lowest BCUT2D eigenvalue weighted by molar-refractivity contribution is 0.299. The Bertz CT molecular complexity index is 657. The van der Waals surface area contributed by atoms with Gasteiger partial charge in [0.15, 0.2) is 0 Å². The van der Waals surface area contributed by atoms with Crippen LogP contribution in [-0.4, -0.2) is 7.05 Å². The Hall–Kier alpha value is -1.94. The predicted octanol–water partition coefficient (Wildman–Crippen LogP) is 3.75. The fraction of sp³-hybridized carbons (Fsp3) is 0.294. The van der Waals surface area contributed by atoms with Crippen molar-refractivity contribution in [1.82, 2.24) is 5.32 Å². The molecule has 110 valence electrons. The summed E-state index contributed by atoms with van der Waals surface area (Å²) in [6, 6.07) is 9.89. The summed E-state index contributed by atoms with van der Waals surface area (Å²) in [6.45, 7) is 0.0976. The van der Waals surface area contributed by atoms with E-state index < -0.39 is 11.6 Å². The first-order chi connectivity index (χ1) is 10.2. The third-order valence-electron chi connectivity index (χ3n) is 3.95. The van der Waals surface area contributed by atoms with Gasteiger partial charge in [0.05, 0.1) is 0 Å². The molecule has 1 atom stereocenters. The summed E-state index contributed by atoms with van der Waals surface area (Å²) in [6.07, 6.45) is 2.10. The highest BCUT2D eigenvalue weighted by Gasteiger charge is 2.21. The molecule has 0 aromatic heterocycles. The number of hydrogen-bond acceptors (Lipinski definition) is 2. The molecule has 2 aromatic carbocycles. The summed E-state index contributed by atoms with van der Waals surface area (Å²) >= 11 is 0. The van der Waals surface area contributed by atoms with Gasteiger partial charge in [-0.05, 0) is 55.3 Å². The number of benzene rings is 2. The molecule has 1 unspecified atom stereocenters. The van der Waals surface area contributed by atoms with Crippen molar-refractivity contribution in [2.45, 2.75) is 25.5 Å². The van der Waals surface area contributed by atoms with Crippen LogP contribution in [0.1, 0.15) is 29.2 Å². The molecule has 4 heteroatoms. The van der Waals surface area contributed by atoms with Gasteiger partial charge in [0.2, 0.25) is 0 Å². The first-order valence-electron chi connectivity index (χ1n) is 7.04. The topological polar surface area (TPSA) is 21.3 Å². The monoisotopic (exact) mass is 289 g/mol. The van der Waals surface area contributed by atoms with Crippen molar-refractivity contribution in [2.75, 3.05) is 7.05 Å². The minimum Gasteiger partial charge on any atom is -0.489 e. The second kappa shape index (κ2) is 5.82. The molecule has 2 aromatic rings. The molecule has 21 heavy (non-hydrogen) atoms. The minimum atomic E-state index is -0.577. The molecule has 0 bridgehead atoms. The third kappa shape index (κ3) is 2.90. The van der Waals surface area contributed by atoms with E-state index in [0.717, 1.165) is 18.9 Å². The third-order valence-corrected chi connectivity index (χ3v) is 3.95. The van der Waals surface area contributed by atoms with Crippen molar-refractivity contribution in [1.29, 1.82) is 0 Å². The quantitative estimate of drug-likeness (QED) is 0.925. The van der Waals surface area contributed by atoms with Gasteiger partial charge in [-0.1, -0.05) is 6.07 Å². The van der Waals surface area contributed by atoms with Crippen molar-refractivity contribution in [3.8, 4) is 5.75 Å². The Morgan fingerprint density at radius 1 is 1.19 bits per heavy atom. The number of hydrogen-bond donors (Lipinski definition) is 1. The SMILES string of the molecule is CNC1CCc2cc(OCc3ccc(F)cc3F)ccc21. The van der Waals surface area contributed by atoms with Crippen LogP contribution in [0.25, 0.3) is 0 Å². The summed E-state index contributed by atoms with van der Waals surface area (Å²) < 4.78 is 32.0. The fourth-order valence-electron chi connectivity index (χ4n) is 2.78. The predicted molar refractivity (Wildman–Crippen MR) is 77.3 cm³/mol. The number of nitrogens with one attached hydrogen (secondary N) is 1. The van der Waals surface area contributed by atoms with Crippen molar-refractivity contribution < 1.29 is 13.5 Å². The van der Waals surface area contributed by atoms with Crippen molar-refractivity contribution >= 4 is 0 Å². The number of halogens is 2. The smallest absolute Gasteiger partial charge is 0.132 e. The van der Waals surface area contributed by atoms with Crippen LogP contribution in [0.5, 0.6) is 5.75 Å². The van der Waals surface area contributed by atoms with Gasteiger partial charge in [-0.3, -0.25) is 0 Å². The fourth-order valence-corrected chi connectivity index (χ4v) is 2.78. The lowest BCUT2D eigenvalue weighted by atomic mass is 10.1. The normalized spacial score (nSPS) is 16.8. The minimum absolute atomic E-state index is 0.0976. The number of rotatable bonds is 4. The number of ether oxygens (including phenoxy) is 1. The van der Waals surface area contributed by atoms with Gasteiger partial charge < -0.3 is 10.1 Å². The lowest BCUT2D eigenvalue weighted by Gasteiger charge is -2.12.